The zero-order valence-corrected chi connectivity index (χ0v) is 37.5. The summed E-state index contributed by atoms with van der Waals surface area (Å²) in [6.07, 6.45) is 12.5. The predicted octanol–water partition coefficient (Wildman–Crippen LogP) is 13.5. The van der Waals surface area contributed by atoms with Crippen LogP contribution in [0.15, 0.2) is 152 Å². The minimum atomic E-state index is -0.631. The van der Waals surface area contributed by atoms with Crippen molar-refractivity contribution in [2.45, 2.75) is 12.8 Å². The molecule has 0 saturated heterocycles. The molecule has 6 aromatic carbocycles. The lowest BCUT2D eigenvalue weighted by Gasteiger charge is -2.26. The lowest BCUT2D eigenvalue weighted by atomic mass is 10.1. The number of para-hydroxylation sites is 3. The molecule has 0 atom stereocenters. The molecular weight excluding hydrogens is 883 g/mol. The number of thiazole rings is 3. The van der Waals surface area contributed by atoms with Crippen LogP contribution < -0.4 is 14.5 Å². The molecule has 0 aliphatic carbocycles. The van der Waals surface area contributed by atoms with Crippen LogP contribution in [0, 0.1) is 0 Å². The number of hydrogen-bond donors (Lipinski definition) is 2. The zero-order valence-electron chi connectivity index (χ0n) is 35.1. The summed E-state index contributed by atoms with van der Waals surface area (Å²) in [4.78, 5) is 34.3. The third-order valence-electron chi connectivity index (χ3n) is 10.5. The highest BCUT2D eigenvalue weighted by Gasteiger charge is 2.17. The second kappa shape index (κ2) is 19.1. The van der Waals surface area contributed by atoms with Gasteiger partial charge in [-0.25, -0.2) is 19.7 Å². The van der Waals surface area contributed by atoms with Crippen molar-refractivity contribution in [3.05, 3.63) is 183 Å². The Hall–Kier alpha value is -7.84. The molecule has 4 aromatic heterocycles. The largest absolute Gasteiger partial charge is 0.493 e. The van der Waals surface area contributed by atoms with E-state index < -0.39 is 5.97 Å². The molecular formula is C53H39N5O5S3. The highest BCUT2D eigenvalue weighted by atomic mass is 32.1. The van der Waals surface area contributed by atoms with Gasteiger partial charge in [-0.15, -0.1) is 38.7 Å². The Labute approximate surface area is 391 Å². The van der Waals surface area contributed by atoms with Crippen molar-refractivity contribution in [1.82, 2.24) is 19.7 Å². The van der Waals surface area contributed by atoms with Gasteiger partial charge in [-0.3, -0.25) is 0 Å². The monoisotopic (exact) mass is 921 g/mol. The molecule has 324 valence electrons. The van der Waals surface area contributed by atoms with Crippen LogP contribution in [0.3, 0.4) is 0 Å². The van der Waals surface area contributed by atoms with Crippen LogP contribution in [0.1, 0.15) is 44.6 Å². The summed E-state index contributed by atoms with van der Waals surface area (Å²) >= 11 is 4.93. The minimum Gasteiger partial charge on any atom is -0.493 e. The molecule has 0 aliphatic rings. The topological polar surface area (TPSA) is 123 Å². The van der Waals surface area contributed by atoms with Gasteiger partial charge in [-0.2, -0.15) is 0 Å². The second-order valence-corrected chi connectivity index (χ2v) is 18.2. The number of anilines is 3. The minimum absolute atomic E-state index is 0.0146. The maximum absolute atomic E-state index is 12.7. The number of aromatic hydroxyl groups is 2. The number of carbonyl (C=O) groups is 1. The van der Waals surface area contributed by atoms with Crippen LogP contribution in [0.5, 0.6) is 17.5 Å². The molecule has 0 radical (unpaired) electrons. The van der Waals surface area contributed by atoms with Crippen molar-refractivity contribution in [2.75, 3.05) is 11.5 Å². The second-order valence-electron chi connectivity index (χ2n) is 15.1. The number of fused-ring (bicyclic) bond motifs is 3. The van der Waals surface area contributed by atoms with E-state index in [0.717, 1.165) is 79.4 Å². The van der Waals surface area contributed by atoms with Gasteiger partial charge in [-0.1, -0.05) is 72.8 Å². The Balaban J connectivity index is 0.955. The molecule has 0 spiro atoms. The maximum Gasteiger partial charge on any atom is 0.333 e. The standard InChI is InChI=1S/C53H39N5O5S3/c59-51-31-32-52(60)58(51)63-53(61)14-7-33-62-44-34-40(27-21-37(44)22-30-50-56-43-10-3-6-13-47(43)66-50)57(38-23-15-35(16-24-38)19-28-48-54-41-8-1-4-11-45(41)64-48)39-25-17-36(18-26-39)20-29-49-55-42-9-2-5-12-46(42)65-49/h1-6,8-13,15-32,34,59-60H,7,14,33H2. The molecule has 66 heavy (non-hydrogen) atoms. The van der Waals surface area contributed by atoms with Crippen LogP contribution in [0.25, 0.3) is 67.1 Å². The Morgan fingerprint density at radius 1 is 0.545 bits per heavy atom. The lowest BCUT2D eigenvalue weighted by molar-refractivity contribution is -0.145. The highest BCUT2D eigenvalue weighted by Crippen LogP contribution is 2.39. The summed E-state index contributed by atoms with van der Waals surface area (Å²) in [7, 11) is 0. The van der Waals surface area contributed by atoms with E-state index in [4.69, 9.17) is 24.5 Å². The smallest absolute Gasteiger partial charge is 0.333 e. The predicted molar refractivity (Wildman–Crippen MR) is 271 cm³/mol. The molecule has 0 amide bonds. The Bertz CT molecular complexity index is 3170. The van der Waals surface area contributed by atoms with Gasteiger partial charge in [0.15, 0.2) is 0 Å². The first-order valence-electron chi connectivity index (χ1n) is 21.1. The van der Waals surface area contributed by atoms with Gasteiger partial charge in [0.05, 0.1) is 43.7 Å². The van der Waals surface area contributed by atoms with E-state index in [0.29, 0.717) is 16.9 Å². The summed E-state index contributed by atoms with van der Waals surface area (Å²) in [5, 5.41) is 22.6. The Kier molecular flexibility index (Phi) is 12.2. The summed E-state index contributed by atoms with van der Waals surface area (Å²) in [6, 6.07) is 49.7. The number of nitrogens with zero attached hydrogens (tertiary/aromatic N) is 5. The van der Waals surface area contributed by atoms with Gasteiger partial charge >= 0.3 is 5.97 Å². The maximum atomic E-state index is 12.7. The molecule has 2 N–H and O–H groups in total. The van der Waals surface area contributed by atoms with Crippen molar-refractivity contribution in [3.63, 3.8) is 0 Å². The van der Waals surface area contributed by atoms with Gasteiger partial charge in [0.2, 0.25) is 11.8 Å². The van der Waals surface area contributed by atoms with E-state index in [1.54, 1.807) is 34.0 Å². The molecule has 13 heteroatoms. The fourth-order valence-corrected chi connectivity index (χ4v) is 9.87. The van der Waals surface area contributed by atoms with Crippen LogP contribution >= 0.6 is 34.0 Å². The van der Waals surface area contributed by atoms with Crippen molar-refractivity contribution < 1.29 is 24.6 Å². The van der Waals surface area contributed by atoms with Crippen LogP contribution in [0.2, 0.25) is 0 Å². The average molecular weight is 922 g/mol. The number of rotatable bonds is 15. The fourth-order valence-electron chi connectivity index (χ4n) is 7.26. The fraction of sp³-hybridized carbons (Fsp3) is 0.0566. The Morgan fingerprint density at radius 3 is 1.48 bits per heavy atom. The average Bonchev–Trinajstić information content (AvgIpc) is 4.14. The van der Waals surface area contributed by atoms with Gasteiger partial charge in [0.25, 0.3) is 0 Å². The first-order valence-corrected chi connectivity index (χ1v) is 23.5. The molecule has 4 heterocycles. The summed E-state index contributed by atoms with van der Waals surface area (Å²) in [5.74, 6) is -0.786. The molecule has 0 unspecified atom stereocenters. The molecule has 0 fully saturated rings. The van der Waals surface area contributed by atoms with Gasteiger partial charge in [0.1, 0.15) is 20.8 Å². The van der Waals surface area contributed by atoms with E-state index in [2.05, 4.69) is 102 Å². The highest BCUT2D eigenvalue weighted by molar-refractivity contribution is 7.20. The molecule has 0 aliphatic heterocycles. The van der Waals surface area contributed by atoms with Gasteiger partial charge < -0.3 is 24.7 Å². The number of ether oxygens (including phenoxy) is 1. The first-order chi connectivity index (χ1) is 32.4. The molecule has 10 aromatic rings. The van der Waals surface area contributed by atoms with E-state index in [1.807, 2.05) is 78.9 Å². The zero-order chi connectivity index (χ0) is 44.8. The van der Waals surface area contributed by atoms with Crippen LogP contribution in [0.4, 0.5) is 17.1 Å². The number of benzene rings is 6. The van der Waals surface area contributed by atoms with Crippen molar-refractivity contribution >= 4 is 124 Å². The normalized spacial score (nSPS) is 11.8. The summed E-state index contributed by atoms with van der Waals surface area (Å²) in [6.45, 7) is 0.190. The molecule has 0 saturated carbocycles. The van der Waals surface area contributed by atoms with Crippen molar-refractivity contribution in [2.24, 2.45) is 0 Å². The van der Waals surface area contributed by atoms with E-state index in [1.165, 1.54) is 12.1 Å². The number of hydrogen-bond acceptors (Lipinski definition) is 12. The number of aromatic nitrogens is 4. The molecule has 10 nitrogen and oxygen atoms in total. The van der Waals surface area contributed by atoms with E-state index >= 15 is 0 Å². The SMILES string of the molecule is O=C(CCCOc1cc(N(c2ccc(C=Cc3nc4ccccc4s3)cc2)c2ccc(C=Cc3nc4ccccc4s3)cc2)ccc1C=Cc1nc2ccccc2s1)On1c(O)ccc1O. The van der Waals surface area contributed by atoms with Crippen molar-refractivity contribution in [3.8, 4) is 17.5 Å². The third-order valence-corrected chi connectivity index (χ3v) is 13.5. The first kappa shape index (κ1) is 42.1. The van der Waals surface area contributed by atoms with E-state index in [9.17, 15) is 15.0 Å². The molecule has 10 rings (SSSR count). The lowest BCUT2D eigenvalue weighted by Crippen LogP contribution is -2.19. The third kappa shape index (κ3) is 9.64. The van der Waals surface area contributed by atoms with E-state index in [-0.39, 0.29) is 24.8 Å². The Morgan fingerprint density at radius 2 is 1.00 bits per heavy atom. The summed E-state index contributed by atoms with van der Waals surface area (Å²) in [5.41, 5.74) is 8.55. The number of carbonyl (C=O) groups excluding carboxylic acids is 1. The van der Waals surface area contributed by atoms with Crippen LogP contribution in [-0.2, 0) is 4.79 Å². The quantitative estimate of drug-likeness (QED) is 0.0968. The van der Waals surface area contributed by atoms with Crippen molar-refractivity contribution in [1.29, 1.82) is 0 Å². The van der Waals surface area contributed by atoms with Crippen LogP contribution in [-0.4, -0.2) is 42.5 Å². The molecule has 0 bridgehead atoms. The summed E-state index contributed by atoms with van der Waals surface area (Å²) < 4.78 is 10.6. The van der Waals surface area contributed by atoms with Gasteiger partial charge in [0, 0.05) is 40.8 Å². The van der Waals surface area contributed by atoms with Gasteiger partial charge in [-0.05, 0) is 115 Å².